The molecule has 2 aromatic carbocycles. The monoisotopic (exact) mass is 422 g/mol. The van der Waals surface area contributed by atoms with Gasteiger partial charge in [0.05, 0.1) is 13.0 Å². The number of aryl methyl sites for hydroxylation is 2. The Kier molecular flexibility index (Phi) is 7.67. The highest BCUT2D eigenvalue weighted by Gasteiger charge is 2.18. The minimum atomic E-state index is -0.351. The molecular weight excluding hydrogens is 392 g/mol. The highest BCUT2D eigenvalue weighted by atomic mass is 16.5. The molecule has 0 bridgehead atoms. The summed E-state index contributed by atoms with van der Waals surface area (Å²) in [5.74, 6) is 5.23. The van der Waals surface area contributed by atoms with E-state index in [2.05, 4.69) is 29.0 Å². The van der Waals surface area contributed by atoms with Crippen LogP contribution in [0.3, 0.4) is 0 Å². The van der Waals surface area contributed by atoms with Crippen molar-refractivity contribution in [2.75, 3.05) is 6.61 Å². The second-order valence-corrected chi connectivity index (χ2v) is 7.51. The predicted molar refractivity (Wildman–Crippen MR) is 121 cm³/mol. The Morgan fingerprint density at radius 3 is 2.58 bits per heavy atom. The molecule has 0 fully saturated rings. The molecular formula is C24H30N4O3. The maximum atomic E-state index is 11.8. The van der Waals surface area contributed by atoms with E-state index in [4.69, 9.17) is 16.3 Å². The topological polar surface area (TPSA) is 112 Å². The van der Waals surface area contributed by atoms with Gasteiger partial charge < -0.3 is 15.0 Å². The van der Waals surface area contributed by atoms with E-state index >= 15 is 0 Å². The number of amides is 2. The van der Waals surface area contributed by atoms with E-state index in [-0.39, 0.29) is 18.2 Å². The molecule has 3 rings (SSSR count). The van der Waals surface area contributed by atoms with Gasteiger partial charge in [-0.05, 0) is 48.6 Å². The molecule has 7 heteroatoms. The van der Waals surface area contributed by atoms with Crippen LogP contribution in [0.5, 0.6) is 5.75 Å². The number of rotatable bonds is 11. The second kappa shape index (κ2) is 10.6. The van der Waals surface area contributed by atoms with Gasteiger partial charge in [-0.2, -0.15) is 0 Å². The molecule has 0 atom stereocenters. The quantitative estimate of drug-likeness (QED) is 0.191. The average molecular weight is 423 g/mol. The lowest BCUT2D eigenvalue weighted by molar-refractivity contribution is -0.121. The van der Waals surface area contributed by atoms with E-state index in [1.807, 2.05) is 36.4 Å². The zero-order valence-corrected chi connectivity index (χ0v) is 17.9. The number of ether oxygens (including phenoxy) is 1. The highest BCUT2D eigenvalue weighted by Crippen LogP contribution is 2.31. The molecule has 0 aliphatic heterocycles. The Morgan fingerprint density at radius 1 is 1.13 bits per heavy atom. The molecule has 0 saturated heterocycles. The van der Waals surface area contributed by atoms with Gasteiger partial charge in [-0.1, -0.05) is 37.3 Å². The lowest BCUT2D eigenvalue weighted by Gasteiger charge is -2.11. The molecule has 7 nitrogen and oxygen atoms in total. The summed E-state index contributed by atoms with van der Waals surface area (Å²) in [5, 5.41) is 0.987. The minimum Gasteiger partial charge on any atom is -0.494 e. The molecule has 3 aromatic rings. The third-order valence-corrected chi connectivity index (χ3v) is 5.39. The number of benzene rings is 2. The van der Waals surface area contributed by atoms with E-state index in [1.54, 1.807) is 0 Å². The number of nitrogens with one attached hydrogen (secondary N) is 1. The van der Waals surface area contributed by atoms with Crippen LogP contribution in [0.25, 0.3) is 10.9 Å². The van der Waals surface area contributed by atoms with Crippen molar-refractivity contribution in [2.24, 2.45) is 11.6 Å². The third-order valence-electron chi connectivity index (χ3n) is 5.39. The van der Waals surface area contributed by atoms with Crippen molar-refractivity contribution in [2.45, 2.75) is 45.6 Å². The summed E-state index contributed by atoms with van der Waals surface area (Å²) in [6, 6.07) is 16.3. The van der Waals surface area contributed by atoms with Gasteiger partial charge in [-0.3, -0.25) is 15.0 Å². The van der Waals surface area contributed by atoms with Crippen LogP contribution in [0.15, 0.2) is 48.5 Å². The summed E-state index contributed by atoms with van der Waals surface area (Å²) < 4.78 is 8.12. The number of primary amides is 1. The molecule has 0 saturated carbocycles. The Morgan fingerprint density at radius 2 is 1.90 bits per heavy atom. The number of hydrogen-bond donors (Lipinski definition) is 3. The summed E-state index contributed by atoms with van der Waals surface area (Å²) in [6.07, 6.45) is 2.76. The lowest BCUT2D eigenvalue weighted by atomic mass is 10.1. The molecule has 5 N–H and O–H groups in total. The number of carbonyl (C=O) groups excluding carboxylic acids is 2. The van der Waals surface area contributed by atoms with Gasteiger partial charge in [0.15, 0.2) is 0 Å². The van der Waals surface area contributed by atoms with Crippen LogP contribution in [0.2, 0.25) is 0 Å². The van der Waals surface area contributed by atoms with Crippen molar-refractivity contribution >= 4 is 22.7 Å². The van der Waals surface area contributed by atoms with Gasteiger partial charge in [-0.15, -0.1) is 0 Å². The Labute approximate surface area is 182 Å². The highest BCUT2D eigenvalue weighted by molar-refractivity contribution is 5.91. The van der Waals surface area contributed by atoms with E-state index < -0.39 is 0 Å². The second-order valence-electron chi connectivity index (χ2n) is 7.51. The molecule has 0 radical (unpaired) electrons. The fourth-order valence-electron chi connectivity index (χ4n) is 3.96. The van der Waals surface area contributed by atoms with Gasteiger partial charge in [-0.25, -0.2) is 5.84 Å². The van der Waals surface area contributed by atoms with Gasteiger partial charge in [0.2, 0.25) is 11.8 Å². The van der Waals surface area contributed by atoms with Crippen LogP contribution < -0.4 is 21.7 Å². The van der Waals surface area contributed by atoms with Crippen LogP contribution in [0.4, 0.5) is 0 Å². The Bertz CT molecular complexity index is 1040. The van der Waals surface area contributed by atoms with Crippen molar-refractivity contribution in [3.63, 3.8) is 0 Å². The van der Waals surface area contributed by atoms with E-state index in [9.17, 15) is 9.59 Å². The lowest BCUT2D eigenvalue weighted by Crippen LogP contribution is -2.29. The first-order chi connectivity index (χ1) is 15.0. The van der Waals surface area contributed by atoms with Crippen LogP contribution in [-0.4, -0.2) is 23.0 Å². The standard InChI is InChI=1S/C24H30N4O3/c1-2-21-20(16-23(25)29)19-15-18(31-14-6-9-24(30)27-26)10-11-22(19)28(21)13-12-17-7-4-3-5-8-17/h3-5,7-8,10-11,15H,2,6,9,12-14,16,26H2,1H3,(H2,25,29)(H,27,30). The first kappa shape index (κ1) is 22.4. The number of nitrogens with zero attached hydrogens (tertiary/aromatic N) is 1. The summed E-state index contributed by atoms with van der Waals surface area (Å²) in [5.41, 5.74) is 12.1. The predicted octanol–water partition coefficient (Wildman–Crippen LogP) is 2.62. The summed E-state index contributed by atoms with van der Waals surface area (Å²) >= 11 is 0. The molecule has 0 aliphatic carbocycles. The number of hydrogen-bond acceptors (Lipinski definition) is 4. The van der Waals surface area contributed by atoms with Gasteiger partial charge in [0, 0.05) is 29.6 Å². The van der Waals surface area contributed by atoms with Gasteiger partial charge >= 0.3 is 0 Å². The zero-order chi connectivity index (χ0) is 22.2. The number of hydrazine groups is 1. The first-order valence-corrected chi connectivity index (χ1v) is 10.6. The van der Waals surface area contributed by atoms with E-state index in [0.29, 0.717) is 25.2 Å². The van der Waals surface area contributed by atoms with Crippen molar-refractivity contribution in [3.8, 4) is 5.75 Å². The molecule has 0 aliphatic rings. The van der Waals surface area contributed by atoms with Gasteiger partial charge in [0.25, 0.3) is 0 Å². The maximum Gasteiger partial charge on any atom is 0.234 e. The molecule has 1 heterocycles. The van der Waals surface area contributed by atoms with Crippen molar-refractivity contribution < 1.29 is 14.3 Å². The first-order valence-electron chi connectivity index (χ1n) is 10.6. The maximum absolute atomic E-state index is 11.8. The van der Waals surface area contributed by atoms with E-state index in [0.717, 1.165) is 41.5 Å². The van der Waals surface area contributed by atoms with Crippen LogP contribution >= 0.6 is 0 Å². The number of fused-ring (bicyclic) bond motifs is 1. The average Bonchev–Trinajstić information content (AvgIpc) is 3.07. The van der Waals surface area contributed by atoms with Crippen LogP contribution in [-0.2, 0) is 35.4 Å². The normalized spacial score (nSPS) is 10.9. The molecule has 1 aromatic heterocycles. The number of aromatic nitrogens is 1. The number of carbonyl (C=O) groups is 2. The van der Waals surface area contributed by atoms with Crippen LogP contribution in [0.1, 0.15) is 36.6 Å². The largest absolute Gasteiger partial charge is 0.494 e. The summed E-state index contributed by atoms with van der Waals surface area (Å²) in [7, 11) is 0. The Balaban J connectivity index is 1.88. The van der Waals surface area contributed by atoms with Crippen LogP contribution in [0, 0.1) is 0 Å². The van der Waals surface area contributed by atoms with Gasteiger partial charge in [0.1, 0.15) is 5.75 Å². The molecule has 0 spiro atoms. The molecule has 2 amide bonds. The smallest absolute Gasteiger partial charge is 0.234 e. The number of nitrogens with two attached hydrogens (primary N) is 2. The fourth-order valence-corrected chi connectivity index (χ4v) is 3.96. The minimum absolute atomic E-state index is 0.193. The fraction of sp³-hybridized carbons (Fsp3) is 0.333. The molecule has 164 valence electrons. The SMILES string of the molecule is CCc1c(CC(N)=O)c2cc(OCCCC(=O)NN)ccc2n1CCc1ccccc1. The van der Waals surface area contributed by atoms with Crippen molar-refractivity contribution in [3.05, 3.63) is 65.4 Å². The third kappa shape index (κ3) is 5.64. The zero-order valence-electron chi connectivity index (χ0n) is 17.9. The van der Waals surface area contributed by atoms with Crippen molar-refractivity contribution in [1.82, 2.24) is 9.99 Å². The van der Waals surface area contributed by atoms with E-state index in [1.165, 1.54) is 5.56 Å². The summed E-state index contributed by atoms with van der Waals surface area (Å²) in [6.45, 7) is 3.31. The summed E-state index contributed by atoms with van der Waals surface area (Å²) in [4.78, 5) is 23.0. The molecule has 0 unspecified atom stereocenters. The Hall–Kier alpha value is -3.32. The van der Waals surface area contributed by atoms with Crippen molar-refractivity contribution in [1.29, 1.82) is 0 Å². The molecule has 31 heavy (non-hydrogen) atoms.